The molecular formula is C23H26N2O4. The van der Waals surface area contributed by atoms with Gasteiger partial charge in [-0.2, -0.15) is 0 Å². The molecule has 2 amide bonds. The fourth-order valence-electron chi connectivity index (χ4n) is 3.73. The van der Waals surface area contributed by atoms with E-state index in [1.807, 2.05) is 0 Å². The van der Waals surface area contributed by atoms with Gasteiger partial charge in [-0.1, -0.05) is 56.0 Å². The highest BCUT2D eigenvalue weighted by molar-refractivity contribution is 6.04. The van der Waals surface area contributed by atoms with Crippen molar-refractivity contribution < 1.29 is 19.5 Å². The molecular weight excluding hydrogens is 368 g/mol. The fourth-order valence-corrected chi connectivity index (χ4v) is 3.73. The van der Waals surface area contributed by atoms with E-state index in [2.05, 4.69) is 10.6 Å². The second-order valence-corrected chi connectivity index (χ2v) is 7.39. The van der Waals surface area contributed by atoms with E-state index in [9.17, 15) is 19.5 Å². The van der Waals surface area contributed by atoms with Gasteiger partial charge in [0.05, 0.1) is 23.2 Å². The standard InChI is InChI=1S/C23H26N2O4/c26-21(15-16-9-5-6-12-18(16)23(28)29)25-20-14-8-7-13-19(20)22(27)24-17-10-3-1-2-4-11-17/h5-9,12-14,17H,1-4,10-11,15H2,(H,24,27)(H,25,26)(H,28,29). The lowest BCUT2D eigenvalue weighted by molar-refractivity contribution is -0.115. The van der Waals surface area contributed by atoms with E-state index in [1.54, 1.807) is 42.5 Å². The number of hydrogen-bond acceptors (Lipinski definition) is 3. The quantitative estimate of drug-likeness (QED) is 0.645. The number of nitrogens with one attached hydrogen (secondary N) is 2. The van der Waals surface area contributed by atoms with Gasteiger partial charge in [-0.3, -0.25) is 9.59 Å². The maximum Gasteiger partial charge on any atom is 0.335 e. The smallest absolute Gasteiger partial charge is 0.335 e. The number of hydrogen-bond donors (Lipinski definition) is 3. The van der Waals surface area contributed by atoms with E-state index in [-0.39, 0.29) is 29.8 Å². The zero-order valence-electron chi connectivity index (χ0n) is 16.3. The molecule has 152 valence electrons. The Kier molecular flexibility index (Phi) is 7.00. The van der Waals surface area contributed by atoms with Crippen LogP contribution in [-0.4, -0.2) is 28.9 Å². The van der Waals surface area contributed by atoms with Crippen molar-refractivity contribution in [1.82, 2.24) is 5.32 Å². The molecule has 0 spiro atoms. The summed E-state index contributed by atoms with van der Waals surface area (Å²) in [6.07, 6.45) is 6.52. The van der Waals surface area contributed by atoms with Crippen molar-refractivity contribution in [2.75, 3.05) is 5.32 Å². The highest BCUT2D eigenvalue weighted by atomic mass is 16.4. The molecule has 1 aliphatic carbocycles. The molecule has 1 fully saturated rings. The van der Waals surface area contributed by atoms with Crippen LogP contribution in [0.25, 0.3) is 0 Å². The Labute approximate surface area is 170 Å². The number of rotatable bonds is 6. The molecule has 1 aliphatic rings. The average molecular weight is 394 g/mol. The second-order valence-electron chi connectivity index (χ2n) is 7.39. The van der Waals surface area contributed by atoms with Gasteiger partial charge in [-0.05, 0) is 36.6 Å². The third kappa shape index (κ3) is 5.67. The molecule has 0 bridgehead atoms. The van der Waals surface area contributed by atoms with Crippen LogP contribution in [0.2, 0.25) is 0 Å². The zero-order chi connectivity index (χ0) is 20.6. The molecule has 6 heteroatoms. The summed E-state index contributed by atoms with van der Waals surface area (Å²) in [5, 5.41) is 15.1. The van der Waals surface area contributed by atoms with E-state index in [0.29, 0.717) is 16.8 Å². The maximum absolute atomic E-state index is 12.8. The van der Waals surface area contributed by atoms with Crippen LogP contribution in [0.3, 0.4) is 0 Å². The van der Waals surface area contributed by atoms with Gasteiger partial charge >= 0.3 is 5.97 Å². The number of carboxylic acids is 1. The van der Waals surface area contributed by atoms with Gasteiger partial charge in [-0.15, -0.1) is 0 Å². The highest BCUT2D eigenvalue weighted by Gasteiger charge is 2.19. The van der Waals surface area contributed by atoms with Gasteiger partial charge in [0.15, 0.2) is 0 Å². The number of amides is 2. The van der Waals surface area contributed by atoms with Crippen molar-refractivity contribution in [2.24, 2.45) is 0 Å². The predicted octanol–water partition coefficient (Wildman–Crippen LogP) is 4.02. The van der Waals surface area contributed by atoms with Crippen molar-refractivity contribution in [3.05, 3.63) is 65.2 Å². The van der Waals surface area contributed by atoms with E-state index >= 15 is 0 Å². The lowest BCUT2D eigenvalue weighted by Gasteiger charge is -2.18. The summed E-state index contributed by atoms with van der Waals surface area (Å²) < 4.78 is 0. The van der Waals surface area contributed by atoms with Crippen LogP contribution < -0.4 is 10.6 Å². The van der Waals surface area contributed by atoms with Gasteiger partial charge in [-0.25, -0.2) is 4.79 Å². The van der Waals surface area contributed by atoms with E-state index in [4.69, 9.17) is 0 Å². The molecule has 0 radical (unpaired) electrons. The molecule has 2 aromatic rings. The Hall–Kier alpha value is -3.15. The highest BCUT2D eigenvalue weighted by Crippen LogP contribution is 2.20. The van der Waals surface area contributed by atoms with Gasteiger partial charge in [0.1, 0.15) is 0 Å². The second kappa shape index (κ2) is 9.87. The van der Waals surface area contributed by atoms with Crippen molar-refractivity contribution in [3.8, 4) is 0 Å². The van der Waals surface area contributed by atoms with Crippen LogP contribution in [0.1, 0.15) is 64.8 Å². The zero-order valence-corrected chi connectivity index (χ0v) is 16.3. The van der Waals surface area contributed by atoms with Crippen LogP contribution >= 0.6 is 0 Å². The van der Waals surface area contributed by atoms with Gasteiger partial charge in [0, 0.05) is 6.04 Å². The Bertz CT molecular complexity index is 886. The summed E-state index contributed by atoms with van der Waals surface area (Å²) in [5.74, 6) is -1.64. The average Bonchev–Trinajstić information content (AvgIpc) is 2.97. The number of para-hydroxylation sites is 1. The minimum atomic E-state index is -1.07. The molecule has 0 saturated heterocycles. The minimum Gasteiger partial charge on any atom is -0.478 e. The van der Waals surface area contributed by atoms with Crippen molar-refractivity contribution in [2.45, 2.75) is 51.0 Å². The lowest BCUT2D eigenvalue weighted by atomic mass is 10.0. The van der Waals surface area contributed by atoms with E-state index in [1.165, 1.54) is 18.9 Å². The first-order valence-electron chi connectivity index (χ1n) is 10.1. The number of anilines is 1. The molecule has 0 aromatic heterocycles. The van der Waals surface area contributed by atoms with Crippen LogP contribution in [0.5, 0.6) is 0 Å². The Morgan fingerprint density at radius 3 is 2.17 bits per heavy atom. The van der Waals surface area contributed by atoms with Crippen LogP contribution in [0, 0.1) is 0 Å². The summed E-state index contributed by atoms with van der Waals surface area (Å²) in [4.78, 5) is 36.7. The summed E-state index contributed by atoms with van der Waals surface area (Å²) in [6.45, 7) is 0. The topological polar surface area (TPSA) is 95.5 Å². The normalized spacial score (nSPS) is 14.6. The molecule has 3 rings (SSSR count). The first kappa shape index (κ1) is 20.6. The molecule has 0 heterocycles. The summed E-state index contributed by atoms with van der Waals surface area (Å²) >= 11 is 0. The number of carboxylic acid groups (broad SMARTS) is 1. The molecule has 6 nitrogen and oxygen atoms in total. The lowest BCUT2D eigenvalue weighted by Crippen LogP contribution is -2.35. The van der Waals surface area contributed by atoms with Gasteiger partial charge in [0.25, 0.3) is 5.91 Å². The summed E-state index contributed by atoms with van der Waals surface area (Å²) in [7, 11) is 0. The third-order valence-electron chi connectivity index (χ3n) is 5.23. The maximum atomic E-state index is 12.8. The van der Waals surface area contributed by atoms with Gasteiger partial charge < -0.3 is 15.7 Å². The monoisotopic (exact) mass is 394 g/mol. The summed E-state index contributed by atoms with van der Waals surface area (Å²) in [6, 6.07) is 13.5. The van der Waals surface area contributed by atoms with Crippen molar-refractivity contribution >= 4 is 23.5 Å². The van der Waals surface area contributed by atoms with E-state index in [0.717, 1.165) is 25.7 Å². The molecule has 3 N–H and O–H groups in total. The van der Waals surface area contributed by atoms with Crippen LogP contribution in [0.4, 0.5) is 5.69 Å². The Morgan fingerprint density at radius 2 is 1.48 bits per heavy atom. The first-order chi connectivity index (χ1) is 14.0. The SMILES string of the molecule is O=C(Cc1ccccc1C(=O)O)Nc1ccccc1C(=O)NC1CCCCCC1. The first-order valence-corrected chi connectivity index (χ1v) is 10.1. The number of carbonyl (C=O) groups is 3. The molecule has 2 aromatic carbocycles. The number of aromatic carboxylic acids is 1. The number of benzene rings is 2. The molecule has 0 unspecified atom stereocenters. The van der Waals surface area contributed by atoms with E-state index < -0.39 is 5.97 Å². The number of carbonyl (C=O) groups excluding carboxylic acids is 2. The van der Waals surface area contributed by atoms with Crippen molar-refractivity contribution in [1.29, 1.82) is 0 Å². The van der Waals surface area contributed by atoms with Crippen LogP contribution in [0.15, 0.2) is 48.5 Å². The van der Waals surface area contributed by atoms with Gasteiger partial charge in [0.2, 0.25) is 5.91 Å². The van der Waals surface area contributed by atoms with Crippen LogP contribution in [-0.2, 0) is 11.2 Å². The third-order valence-corrected chi connectivity index (χ3v) is 5.23. The van der Waals surface area contributed by atoms with Crippen molar-refractivity contribution in [3.63, 3.8) is 0 Å². The molecule has 0 aliphatic heterocycles. The largest absolute Gasteiger partial charge is 0.478 e. The molecule has 29 heavy (non-hydrogen) atoms. The summed E-state index contributed by atoms with van der Waals surface area (Å²) in [5.41, 5.74) is 1.37. The minimum absolute atomic E-state index is 0.0823. The predicted molar refractivity (Wildman–Crippen MR) is 111 cm³/mol. The Balaban J connectivity index is 1.69. The molecule has 0 atom stereocenters. The molecule has 1 saturated carbocycles. The fraction of sp³-hybridized carbons (Fsp3) is 0.348. The Morgan fingerprint density at radius 1 is 0.862 bits per heavy atom.